The molecule has 0 spiro atoms. The number of ketones is 1. The lowest BCUT2D eigenvalue weighted by atomic mass is 9.79. The van der Waals surface area contributed by atoms with Gasteiger partial charge < -0.3 is 0 Å². The normalized spacial score (nSPS) is 14.9. The summed E-state index contributed by atoms with van der Waals surface area (Å²) < 4.78 is 1.06. The number of carbonyl (C=O) groups is 1. The fourth-order valence-corrected chi connectivity index (χ4v) is 3.26. The molecular formula is C18H17IO. The predicted octanol–water partition coefficient (Wildman–Crippen LogP) is 5.10. The summed E-state index contributed by atoms with van der Waals surface area (Å²) in [5.74, 6) is 0.804. The Balaban J connectivity index is 1.95. The molecule has 2 aromatic carbocycles. The van der Waals surface area contributed by atoms with Gasteiger partial charge in [-0.25, -0.2) is 0 Å². The molecule has 1 nitrogen and oxygen atoms in total. The molecule has 1 aliphatic carbocycles. The van der Waals surface area contributed by atoms with Gasteiger partial charge in [-0.3, -0.25) is 4.79 Å². The molecule has 0 heterocycles. The molecule has 1 aliphatic rings. The summed E-state index contributed by atoms with van der Waals surface area (Å²) in [6, 6.07) is 14.1. The molecule has 0 amide bonds. The largest absolute Gasteiger partial charge is 0.289 e. The summed E-state index contributed by atoms with van der Waals surface area (Å²) in [5, 5.41) is 0. The summed E-state index contributed by atoms with van der Waals surface area (Å²) in [7, 11) is 0. The van der Waals surface area contributed by atoms with E-state index in [4.69, 9.17) is 0 Å². The molecule has 1 fully saturated rings. The summed E-state index contributed by atoms with van der Waals surface area (Å²) >= 11 is 2.27. The van der Waals surface area contributed by atoms with Crippen molar-refractivity contribution in [2.45, 2.75) is 32.1 Å². The molecule has 0 bridgehead atoms. The van der Waals surface area contributed by atoms with Gasteiger partial charge in [0.25, 0.3) is 0 Å². The van der Waals surface area contributed by atoms with Gasteiger partial charge in [0.15, 0.2) is 5.78 Å². The number of hydrogen-bond acceptors (Lipinski definition) is 1. The van der Waals surface area contributed by atoms with E-state index in [9.17, 15) is 4.79 Å². The number of carbonyl (C=O) groups excluding carboxylic acids is 1. The topological polar surface area (TPSA) is 17.1 Å². The Morgan fingerprint density at radius 2 is 1.90 bits per heavy atom. The molecule has 0 radical (unpaired) electrons. The standard InChI is InChI=1S/C18H17IO/c1-12-5-2-10-16(17(12)19)18(20)15-9-4-8-14(11-15)13-6-3-7-13/h2,4-5,8-11,13H,3,6-7H2,1H3. The van der Waals surface area contributed by atoms with E-state index in [0.29, 0.717) is 5.92 Å². The van der Waals surface area contributed by atoms with E-state index in [1.807, 2.05) is 37.3 Å². The molecule has 2 aromatic rings. The van der Waals surface area contributed by atoms with E-state index in [1.165, 1.54) is 24.8 Å². The molecule has 0 aromatic heterocycles. The Morgan fingerprint density at radius 1 is 1.15 bits per heavy atom. The highest BCUT2D eigenvalue weighted by atomic mass is 127. The maximum atomic E-state index is 12.7. The van der Waals surface area contributed by atoms with Gasteiger partial charge in [-0.15, -0.1) is 0 Å². The lowest BCUT2D eigenvalue weighted by molar-refractivity contribution is 0.103. The van der Waals surface area contributed by atoms with Crippen LogP contribution in [0, 0.1) is 10.5 Å². The molecule has 3 rings (SSSR count). The van der Waals surface area contributed by atoms with E-state index >= 15 is 0 Å². The Hall–Kier alpha value is -1.16. The van der Waals surface area contributed by atoms with Crippen LogP contribution in [0.5, 0.6) is 0 Å². The maximum Gasteiger partial charge on any atom is 0.194 e. The van der Waals surface area contributed by atoms with Gasteiger partial charge in [0.05, 0.1) is 0 Å². The monoisotopic (exact) mass is 376 g/mol. The van der Waals surface area contributed by atoms with Crippen molar-refractivity contribution in [2.24, 2.45) is 0 Å². The summed E-state index contributed by atoms with van der Waals surface area (Å²) in [6.45, 7) is 2.04. The van der Waals surface area contributed by atoms with E-state index in [-0.39, 0.29) is 5.78 Å². The maximum absolute atomic E-state index is 12.7. The second-order valence-electron chi connectivity index (χ2n) is 5.52. The van der Waals surface area contributed by atoms with E-state index in [0.717, 1.165) is 20.3 Å². The lowest BCUT2D eigenvalue weighted by Gasteiger charge is -2.26. The number of rotatable bonds is 3. The lowest BCUT2D eigenvalue weighted by Crippen LogP contribution is -2.10. The van der Waals surface area contributed by atoms with Crippen molar-refractivity contribution in [2.75, 3.05) is 0 Å². The number of hydrogen-bond donors (Lipinski definition) is 0. The van der Waals surface area contributed by atoms with Crippen LogP contribution >= 0.6 is 22.6 Å². The van der Waals surface area contributed by atoms with Crippen LogP contribution < -0.4 is 0 Å². The Bertz CT molecular complexity index is 656. The first-order valence-electron chi connectivity index (χ1n) is 7.06. The van der Waals surface area contributed by atoms with Crippen LogP contribution in [0.3, 0.4) is 0 Å². The van der Waals surface area contributed by atoms with Gasteiger partial charge in [0.1, 0.15) is 0 Å². The molecule has 0 atom stereocenters. The van der Waals surface area contributed by atoms with Crippen molar-refractivity contribution in [1.82, 2.24) is 0 Å². The summed E-state index contributed by atoms with van der Waals surface area (Å²) in [5.41, 5.74) is 4.12. The minimum atomic E-state index is 0.138. The molecule has 20 heavy (non-hydrogen) atoms. The molecular weight excluding hydrogens is 359 g/mol. The van der Waals surface area contributed by atoms with E-state index in [1.54, 1.807) is 0 Å². The van der Waals surface area contributed by atoms with Crippen molar-refractivity contribution < 1.29 is 4.79 Å². The Morgan fingerprint density at radius 3 is 2.60 bits per heavy atom. The molecule has 1 saturated carbocycles. The minimum Gasteiger partial charge on any atom is -0.289 e. The first kappa shape index (κ1) is 13.8. The van der Waals surface area contributed by atoms with Gasteiger partial charge in [0.2, 0.25) is 0 Å². The van der Waals surface area contributed by atoms with E-state index < -0.39 is 0 Å². The molecule has 0 aliphatic heterocycles. The Kier molecular flexibility index (Phi) is 3.92. The van der Waals surface area contributed by atoms with E-state index in [2.05, 4.69) is 34.7 Å². The highest BCUT2D eigenvalue weighted by Gasteiger charge is 2.21. The third kappa shape index (κ3) is 2.53. The Labute approximate surface area is 133 Å². The number of aryl methyl sites for hydroxylation is 1. The molecule has 2 heteroatoms. The third-order valence-electron chi connectivity index (χ3n) is 4.16. The quantitative estimate of drug-likeness (QED) is 0.538. The van der Waals surface area contributed by atoms with Crippen LogP contribution in [0.15, 0.2) is 42.5 Å². The van der Waals surface area contributed by atoms with Crippen LogP contribution in [0.2, 0.25) is 0 Å². The molecule has 102 valence electrons. The highest BCUT2D eigenvalue weighted by Crippen LogP contribution is 2.36. The van der Waals surface area contributed by atoms with Crippen LogP contribution in [0.1, 0.15) is 52.2 Å². The van der Waals surface area contributed by atoms with Crippen molar-refractivity contribution in [3.05, 3.63) is 68.3 Å². The van der Waals surface area contributed by atoms with Crippen molar-refractivity contribution in [1.29, 1.82) is 0 Å². The fourth-order valence-electron chi connectivity index (χ4n) is 2.65. The number of benzene rings is 2. The van der Waals surface area contributed by atoms with Crippen molar-refractivity contribution in [3.8, 4) is 0 Å². The van der Waals surface area contributed by atoms with Gasteiger partial charge in [-0.2, -0.15) is 0 Å². The first-order valence-corrected chi connectivity index (χ1v) is 8.14. The van der Waals surface area contributed by atoms with Gasteiger partial charge in [-0.05, 0) is 71.5 Å². The number of halogens is 1. The zero-order valence-corrected chi connectivity index (χ0v) is 13.7. The SMILES string of the molecule is Cc1cccc(C(=O)c2cccc(C3CCC3)c2)c1I. The van der Waals surface area contributed by atoms with Gasteiger partial charge >= 0.3 is 0 Å². The van der Waals surface area contributed by atoms with Crippen LogP contribution in [-0.2, 0) is 0 Å². The molecule has 0 unspecified atom stereocenters. The van der Waals surface area contributed by atoms with Crippen molar-refractivity contribution >= 4 is 28.4 Å². The minimum absolute atomic E-state index is 0.138. The highest BCUT2D eigenvalue weighted by molar-refractivity contribution is 14.1. The van der Waals surface area contributed by atoms with Crippen LogP contribution in [0.25, 0.3) is 0 Å². The second kappa shape index (κ2) is 5.68. The first-order chi connectivity index (χ1) is 9.66. The zero-order chi connectivity index (χ0) is 14.1. The summed E-state index contributed by atoms with van der Waals surface area (Å²) in [6.07, 6.45) is 3.85. The smallest absolute Gasteiger partial charge is 0.194 e. The molecule has 0 N–H and O–H groups in total. The van der Waals surface area contributed by atoms with Crippen LogP contribution in [-0.4, -0.2) is 5.78 Å². The third-order valence-corrected chi connectivity index (χ3v) is 5.59. The average molecular weight is 376 g/mol. The van der Waals surface area contributed by atoms with Gasteiger partial charge in [-0.1, -0.05) is 36.8 Å². The zero-order valence-electron chi connectivity index (χ0n) is 11.5. The average Bonchev–Trinajstić information content (AvgIpc) is 2.40. The summed E-state index contributed by atoms with van der Waals surface area (Å²) in [4.78, 5) is 12.7. The molecule has 0 saturated heterocycles. The predicted molar refractivity (Wildman–Crippen MR) is 90.4 cm³/mol. The van der Waals surface area contributed by atoms with Crippen molar-refractivity contribution in [3.63, 3.8) is 0 Å². The van der Waals surface area contributed by atoms with Crippen LogP contribution in [0.4, 0.5) is 0 Å². The van der Waals surface area contributed by atoms with Gasteiger partial charge in [0, 0.05) is 14.7 Å². The fraction of sp³-hybridized carbons (Fsp3) is 0.278. The second-order valence-corrected chi connectivity index (χ2v) is 6.60.